The summed E-state index contributed by atoms with van der Waals surface area (Å²) in [6.45, 7) is 5.75. The molecule has 3 N–H and O–H groups in total. The lowest BCUT2D eigenvalue weighted by molar-refractivity contribution is 0.0925. The molecule has 19 heavy (non-hydrogen) atoms. The molecule has 1 aliphatic rings. The molecule has 0 bridgehead atoms. The average molecular weight is 264 g/mol. The molecule has 0 saturated carbocycles. The Kier molecular flexibility index (Phi) is 4.44. The molecule has 0 radical (unpaired) electrons. The van der Waals surface area contributed by atoms with Crippen molar-refractivity contribution < 1.29 is 9.90 Å². The molecule has 2 heterocycles. The summed E-state index contributed by atoms with van der Waals surface area (Å²) in [6, 6.07) is 0. The van der Waals surface area contributed by atoms with E-state index in [2.05, 4.69) is 20.6 Å². The topological polar surface area (TPSA) is 87.1 Å². The van der Waals surface area contributed by atoms with Crippen molar-refractivity contribution in [2.24, 2.45) is 5.92 Å². The molecule has 0 aliphatic carbocycles. The van der Waals surface area contributed by atoms with Gasteiger partial charge in [0.2, 0.25) is 0 Å². The lowest BCUT2D eigenvalue weighted by Crippen LogP contribution is -2.35. The maximum atomic E-state index is 12.1. The number of hydrogen-bond donors (Lipinski definition) is 3. The zero-order valence-electron chi connectivity index (χ0n) is 11.3. The van der Waals surface area contributed by atoms with Crippen LogP contribution in [0, 0.1) is 5.92 Å². The van der Waals surface area contributed by atoms with Gasteiger partial charge in [0.15, 0.2) is 0 Å². The fraction of sp³-hybridized carbons (Fsp3) is 0.615. The van der Waals surface area contributed by atoms with Gasteiger partial charge in [-0.15, -0.1) is 0 Å². The van der Waals surface area contributed by atoms with E-state index in [1.165, 1.54) is 6.33 Å². The van der Waals surface area contributed by atoms with Crippen LogP contribution in [0.2, 0.25) is 0 Å². The Morgan fingerprint density at radius 1 is 1.58 bits per heavy atom. The number of β-amino-alcohol motifs (C(OH)–C–C–N with tert-alkyl or cyclic N) is 1. The van der Waals surface area contributed by atoms with Crippen molar-refractivity contribution in [2.45, 2.75) is 25.9 Å². The van der Waals surface area contributed by atoms with Crippen LogP contribution < -0.4 is 10.6 Å². The van der Waals surface area contributed by atoms with Crippen LogP contribution in [0.4, 0.5) is 0 Å². The summed E-state index contributed by atoms with van der Waals surface area (Å²) >= 11 is 0. The average Bonchev–Trinajstić information content (AvgIpc) is 2.81. The number of carbonyl (C=O) groups is 1. The number of rotatable bonds is 4. The first-order chi connectivity index (χ1) is 9.09. The number of carbonyl (C=O) groups excluding carboxylic acids is 1. The number of aliphatic hydroxyl groups is 1. The van der Waals surface area contributed by atoms with Gasteiger partial charge in [-0.2, -0.15) is 0 Å². The van der Waals surface area contributed by atoms with Crippen LogP contribution in [0.15, 0.2) is 12.5 Å². The second kappa shape index (κ2) is 6.08. The molecule has 2 atom stereocenters. The van der Waals surface area contributed by atoms with Gasteiger partial charge >= 0.3 is 0 Å². The highest BCUT2D eigenvalue weighted by molar-refractivity contribution is 5.95. The summed E-state index contributed by atoms with van der Waals surface area (Å²) in [5, 5.41) is 15.6. The number of aromatic nitrogens is 2. The molecule has 0 spiro atoms. The Balaban J connectivity index is 2.00. The zero-order chi connectivity index (χ0) is 13.8. The normalized spacial score (nSPS) is 22.7. The smallest absolute Gasteiger partial charge is 0.254 e. The van der Waals surface area contributed by atoms with Gasteiger partial charge in [-0.1, -0.05) is 13.8 Å². The van der Waals surface area contributed by atoms with Crippen molar-refractivity contribution in [3.05, 3.63) is 23.8 Å². The first-order valence-electron chi connectivity index (χ1n) is 6.56. The van der Waals surface area contributed by atoms with E-state index in [0.29, 0.717) is 18.7 Å². The highest BCUT2D eigenvalue weighted by Crippen LogP contribution is 2.15. The highest BCUT2D eigenvalue weighted by atomic mass is 16.3. The minimum absolute atomic E-state index is 0.0658. The van der Waals surface area contributed by atoms with Gasteiger partial charge in [0, 0.05) is 31.7 Å². The van der Waals surface area contributed by atoms with Gasteiger partial charge in [-0.3, -0.25) is 4.79 Å². The lowest BCUT2D eigenvalue weighted by Gasteiger charge is -2.15. The summed E-state index contributed by atoms with van der Waals surface area (Å²) in [4.78, 5) is 20.2. The molecule has 1 aliphatic heterocycles. The van der Waals surface area contributed by atoms with E-state index >= 15 is 0 Å². The van der Waals surface area contributed by atoms with Crippen LogP contribution in [-0.2, 0) is 0 Å². The molecule has 1 saturated heterocycles. The van der Waals surface area contributed by atoms with Gasteiger partial charge in [0.05, 0.1) is 17.4 Å². The van der Waals surface area contributed by atoms with Gasteiger partial charge in [-0.25, -0.2) is 9.97 Å². The van der Waals surface area contributed by atoms with Crippen LogP contribution in [0.3, 0.4) is 0 Å². The molecule has 0 aromatic carbocycles. The van der Waals surface area contributed by atoms with Gasteiger partial charge in [0.1, 0.15) is 6.33 Å². The molecule has 2 unspecified atom stereocenters. The number of hydrogen-bond acceptors (Lipinski definition) is 5. The molecule has 1 aromatic heterocycles. The van der Waals surface area contributed by atoms with Gasteiger partial charge in [-0.05, 0) is 5.92 Å². The number of nitrogens with one attached hydrogen (secondary N) is 2. The van der Waals surface area contributed by atoms with Gasteiger partial charge in [0.25, 0.3) is 5.91 Å². The summed E-state index contributed by atoms with van der Waals surface area (Å²) < 4.78 is 0. The second-order valence-electron chi connectivity index (χ2n) is 5.17. The van der Waals surface area contributed by atoms with E-state index in [9.17, 15) is 9.90 Å². The lowest BCUT2D eigenvalue weighted by atomic mass is 10.0. The predicted octanol–water partition coefficient (Wildman–Crippen LogP) is -0.0899. The molecular formula is C13H20N4O2. The molecule has 104 valence electrons. The van der Waals surface area contributed by atoms with Gasteiger partial charge < -0.3 is 15.7 Å². The fourth-order valence-corrected chi connectivity index (χ4v) is 2.22. The molecule has 6 heteroatoms. The van der Waals surface area contributed by atoms with Crippen LogP contribution in [0.5, 0.6) is 0 Å². The highest BCUT2D eigenvalue weighted by Gasteiger charge is 2.25. The number of amides is 1. The summed E-state index contributed by atoms with van der Waals surface area (Å²) in [5.41, 5.74) is 1.26. The van der Waals surface area contributed by atoms with Crippen molar-refractivity contribution in [3.8, 4) is 0 Å². The monoisotopic (exact) mass is 264 g/mol. The summed E-state index contributed by atoms with van der Waals surface area (Å²) in [6.07, 6.45) is 2.61. The summed E-state index contributed by atoms with van der Waals surface area (Å²) in [5.74, 6) is 0.0574. The van der Waals surface area contributed by atoms with Crippen molar-refractivity contribution in [3.63, 3.8) is 0 Å². The maximum absolute atomic E-state index is 12.1. The van der Waals surface area contributed by atoms with E-state index in [1.54, 1.807) is 6.20 Å². The standard InChI is InChI=1S/C13H20N4O2/c1-8(2)12-10(5-15-7-17-12)13(19)16-4-9-3-14-6-11(9)18/h5,7-9,11,14,18H,3-4,6H2,1-2H3,(H,16,19). The first kappa shape index (κ1) is 13.9. The summed E-state index contributed by atoms with van der Waals surface area (Å²) in [7, 11) is 0. The number of aliphatic hydroxyl groups excluding tert-OH is 1. The van der Waals surface area contributed by atoms with E-state index in [1.807, 2.05) is 13.8 Å². The molecule has 1 fully saturated rings. The van der Waals surface area contributed by atoms with Crippen LogP contribution >= 0.6 is 0 Å². The Hall–Kier alpha value is -1.53. The maximum Gasteiger partial charge on any atom is 0.254 e. The Labute approximate surface area is 112 Å². The third kappa shape index (κ3) is 3.27. The van der Waals surface area contributed by atoms with Crippen LogP contribution in [-0.4, -0.2) is 46.7 Å². The van der Waals surface area contributed by atoms with Crippen molar-refractivity contribution in [1.29, 1.82) is 0 Å². The zero-order valence-corrected chi connectivity index (χ0v) is 11.3. The van der Waals surface area contributed by atoms with Crippen LogP contribution in [0.25, 0.3) is 0 Å². The van der Waals surface area contributed by atoms with Crippen molar-refractivity contribution >= 4 is 5.91 Å². The van der Waals surface area contributed by atoms with E-state index in [-0.39, 0.29) is 17.7 Å². The van der Waals surface area contributed by atoms with E-state index in [0.717, 1.165) is 12.2 Å². The molecule has 2 rings (SSSR count). The second-order valence-corrected chi connectivity index (χ2v) is 5.17. The number of nitrogens with zero attached hydrogens (tertiary/aromatic N) is 2. The van der Waals surface area contributed by atoms with Crippen molar-refractivity contribution in [2.75, 3.05) is 19.6 Å². The largest absolute Gasteiger partial charge is 0.391 e. The van der Waals surface area contributed by atoms with E-state index < -0.39 is 6.10 Å². The fourth-order valence-electron chi connectivity index (χ4n) is 2.22. The van der Waals surface area contributed by atoms with E-state index in [4.69, 9.17) is 0 Å². The first-order valence-corrected chi connectivity index (χ1v) is 6.56. The third-order valence-corrected chi connectivity index (χ3v) is 3.36. The molecule has 6 nitrogen and oxygen atoms in total. The van der Waals surface area contributed by atoms with Crippen LogP contribution in [0.1, 0.15) is 35.8 Å². The predicted molar refractivity (Wildman–Crippen MR) is 70.8 cm³/mol. The molecule has 1 aromatic rings. The molecule has 1 amide bonds. The third-order valence-electron chi connectivity index (χ3n) is 3.36. The quantitative estimate of drug-likeness (QED) is 0.707. The molecular weight excluding hydrogens is 244 g/mol. The Morgan fingerprint density at radius 3 is 3.00 bits per heavy atom. The Morgan fingerprint density at radius 2 is 2.37 bits per heavy atom. The SMILES string of the molecule is CC(C)c1ncncc1C(=O)NCC1CNCC1O. The van der Waals surface area contributed by atoms with Crippen molar-refractivity contribution in [1.82, 2.24) is 20.6 Å². The minimum Gasteiger partial charge on any atom is -0.391 e. The minimum atomic E-state index is -0.392. The Bertz CT molecular complexity index is 450.